The van der Waals surface area contributed by atoms with Gasteiger partial charge in [-0.2, -0.15) is 5.10 Å². The summed E-state index contributed by atoms with van der Waals surface area (Å²) in [5.41, 5.74) is 6.57. The second-order valence-electron chi connectivity index (χ2n) is 6.66. The Morgan fingerprint density at radius 1 is 1.00 bits per heavy atom. The van der Waals surface area contributed by atoms with Crippen molar-refractivity contribution in [2.45, 2.75) is 0 Å². The van der Waals surface area contributed by atoms with E-state index in [1.807, 2.05) is 96.7 Å². The molecular formula is C24H21N3O2. The number of nitrogens with zero attached hydrogens (tertiary/aromatic N) is 2. The van der Waals surface area contributed by atoms with Crippen molar-refractivity contribution in [3.8, 4) is 16.9 Å². The predicted molar refractivity (Wildman–Crippen MR) is 116 cm³/mol. The van der Waals surface area contributed by atoms with Crippen LogP contribution in [0.4, 0.5) is 0 Å². The van der Waals surface area contributed by atoms with Crippen molar-refractivity contribution < 1.29 is 9.53 Å². The number of hydrogen-bond donors (Lipinski definition) is 1. The SMILES string of the molecule is Cn1cc(/C=N\NC(=O)COc2ccccc2-c2ccccc2)c2ccccc21. The van der Waals surface area contributed by atoms with E-state index in [1.54, 1.807) is 6.21 Å². The first-order chi connectivity index (χ1) is 14.2. The summed E-state index contributed by atoms with van der Waals surface area (Å²) in [7, 11) is 1.98. The maximum Gasteiger partial charge on any atom is 0.277 e. The van der Waals surface area contributed by atoms with E-state index in [2.05, 4.69) is 10.5 Å². The van der Waals surface area contributed by atoms with E-state index in [0.29, 0.717) is 5.75 Å². The molecule has 4 aromatic rings. The van der Waals surface area contributed by atoms with Crippen LogP contribution in [-0.2, 0) is 11.8 Å². The van der Waals surface area contributed by atoms with Gasteiger partial charge in [-0.1, -0.05) is 66.7 Å². The van der Waals surface area contributed by atoms with Crippen LogP contribution in [0.1, 0.15) is 5.56 Å². The second-order valence-corrected chi connectivity index (χ2v) is 6.66. The number of fused-ring (bicyclic) bond motifs is 1. The minimum Gasteiger partial charge on any atom is -0.483 e. The highest BCUT2D eigenvalue weighted by Gasteiger charge is 2.08. The molecule has 5 nitrogen and oxygen atoms in total. The van der Waals surface area contributed by atoms with Gasteiger partial charge in [-0.25, -0.2) is 5.43 Å². The average Bonchev–Trinajstić information content (AvgIpc) is 3.09. The molecule has 0 aliphatic carbocycles. The summed E-state index contributed by atoms with van der Waals surface area (Å²) in [6, 6.07) is 25.7. The van der Waals surface area contributed by atoms with Gasteiger partial charge in [0.2, 0.25) is 0 Å². The van der Waals surface area contributed by atoms with Gasteiger partial charge in [0.1, 0.15) is 5.75 Å². The largest absolute Gasteiger partial charge is 0.483 e. The molecule has 1 aromatic heterocycles. The van der Waals surface area contributed by atoms with E-state index < -0.39 is 0 Å². The number of aromatic nitrogens is 1. The first-order valence-electron chi connectivity index (χ1n) is 9.35. The van der Waals surface area contributed by atoms with Crippen LogP contribution in [0.2, 0.25) is 0 Å². The molecule has 1 N–H and O–H groups in total. The first kappa shape index (κ1) is 18.5. The van der Waals surface area contributed by atoms with Gasteiger partial charge in [0, 0.05) is 35.3 Å². The van der Waals surface area contributed by atoms with Gasteiger partial charge < -0.3 is 9.30 Å². The van der Waals surface area contributed by atoms with Gasteiger partial charge in [-0.05, 0) is 17.7 Å². The Labute approximate surface area is 169 Å². The molecule has 4 rings (SSSR count). The summed E-state index contributed by atoms with van der Waals surface area (Å²) >= 11 is 0. The third-order valence-electron chi connectivity index (χ3n) is 4.65. The van der Waals surface area contributed by atoms with Gasteiger partial charge in [-0.3, -0.25) is 4.79 Å². The number of rotatable bonds is 6. The fraction of sp³-hybridized carbons (Fsp3) is 0.0833. The molecule has 1 amide bonds. The number of hydrogen-bond acceptors (Lipinski definition) is 3. The minimum atomic E-state index is -0.315. The third kappa shape index (κ3) is 4.19. The van der Waals surface area contributed by atoms with E-state index >= 15 is 0 Å². The zero-order chi connectivity index (χ0) is 20.1. The number of carbonyl (C=O) groups is 1. The van der Waals surface area contributed by atoms with Gasteiger partial charge in [0.25, 0.3) is 5.91 Å². The quantitative estimate of drug-likeness (QED) is 0.397. The Morgan fingerprint density at radius 3 is 2.59 bits per heavy atom. The van der Waals surface area contributed by atoms with E-state index in [9.17, 15) is 4.79 Å². The Hall–Kier alpha value is -3.86. The summed E-state index contributed by atoms with van der Waals surface area (Å²) < 4.78 is 7.77. The number of benzene rings is 3. The van der Waals surface area contributed by atoms with E-state index in [0.717, 1.165) is 27.6 Å². The van der Waals surface area contributed by atoms with Crippen LogP contribution in [-0.4, -0.2) is 23.3 Å². The van der Waals surface area contributed by atoms with Crippen LogP contribution in [0.15, 0.2) is 90.2 Å². The van der Waals surface area contributed by atoms with Crippen molar-refractivity contribution in [2.75, 3.05) is 6.61 Å². The van der Waals surface area contributed by atoms with Gasteiger partial charge in [0.05, 0.1) is 6.21 Å². The predicted octanol–water partition coefficient (Wildman–Crippen LogP) is 4.37. The lowest BCUT2D eigenvalue weighted by Gasteiger charge is -2.10. The smallest absolute Gasteiger partial charge is 0.277 e. The summed E-state index contributed by atoms with van der Waals surface area (Å²) in [4.78, 5) is 12.2. The highest BCUT2D eigenvalue weighted by atomic mass is 16.5. The van der Waals surface area contributed by atoms with Gasteiger partial charge in [0.15, 0.2) is 6.61 Å². The number of carbonyl (C=O) groups excluding carboxylic acids is 1. The minimum absolute atomic E-state index is 0.114. The van der Waals surface area contributed by atoms with Crippen molar-refractivity contribution in [1.29, 1.82) is 0 Å². The van der Waals surface area contributed by atoms with E-state index in [1.165, 1.54) is 0 Å². The Kier molecular flexibility index (Phi) is 5.38. The summed E-state index contributed by atoms with van der Waals surface area (Å²) in [5, 5.41) is 5.16. The van der Waals surface area contributed by atoms with Crippen LogP contribution in [0.25, 0.3) is 22.0 Å². The molecule has 0 aliphatic heterocycles. The molecule has 0 atom stereocenters. The molecule has 29 heavy (non-hydrogen) atoms. The molecule has 0 saturated carbocycles. The first-order valence-corrected chi connectivity index (χ1v) is 9.35. The van der Waals surface area contributed by atoms with Crippen molar-refractivity contribution in [3.05, 3.63) is 90.6 Å². The molecule has 1 heterocycles. The lowest BCUT2D eigenvalue weighted by atomic mass is 10.1. The Balaban J connectivity index is 1.39. The second kappa shape index (κ2) is 8.44. The molecule has 0 radical (unpaired) electrons. The summed E-state index contributed by atoms with van der Waals surface area (Å²) in [5.74, 6) is 0.344. The zero-order valence-corrected chi connectivity index (χ0v) is 16.1. The van der Waals surface area contributed by atoms with Crippen LogP contribution in [0.3, 0.4) is 0 Å². The standard InChI is InChI=1S/C24H21N3O2/c1-27-16-19(20-11-5-7-13-22(20)27)15-25-26-24(28)17-29-23-14-8-6-12-21(23)18-9-3-2-4-10-18/h2-16H,17H2,1H3,(H,26,28)/b25-15-. The fourth-order valence-electron chi connectivity index (χ4n) is 3.27. The van der Waals surface area contributed by atoms with Crippen molar-refractivity contribution in [3.63, 3.8) is 0 Å². The van der Waals surface area contributed by atoms with Crippen LogP contribution in [0.5, 0.6) is 5.75 Å². The molecular weight excluding hydrogens is 362 g/mol. The number of para-hydroxylation sites is 2. The number of aryl methyl sites for hydroxylation is 1. The van der Waals surface area contributed by atoms with E-state index in [4.69, 9.17) is 4.74 Å². The zero-order valence-electron chi connectivity index (χ0n) is 16.1. The number of amides is 1. The van der Waals surface area contributed by atoms with Crippen molar-refractivity contribution in [2.24, 2.45) is 12.1 Å². The topological polar surface area (TPSA) is 55.6 Å². The summed E-state index contributed by atoms with van der Waals surface area (Å²) in [6.07, 6.45) is 3.63. The molecule has 0 aliphatic rings. The molecule has 0 unspecified atom stereocenters. The molecule has 144 valence electrons. The van der Waals surface area contributed by atoms with Crippen molar-refractivity contribution >= 4 is 23.0 Å². The van der Waals surface area contributed by atoms with Gasteiger partial charge in [-0.15, -0.1) is 0 Å². The lowest BCUT2D eigenvalue weighted by molar-refractivity contribution is -0.123. The number of nitrogens with one attached hydrogen (secondary N) is 1. The number of ether oxygens (including phenoxy) is 1. The monoisotopic (exact) mass is 383 g/mol. The fourth-order valence-corrected chi connectivity index (χ4v) is 3.27. The van der Waals surface area contributed by atoms with E-state index in [-0.39, 0.29) is 12.5 Å². The molecule has 0 spiro atoms. The highest BCUT2D eigenvalue weighted by molar-refractivity contribution is 5.99. The lowest BCUT2D eigenvalue weighted by Crippen LogP contribution is -2.24. The highest BCUT2D eigenvalue weighted by Crippen LogP contribution is 2.29. The molecule has 5 heteroatoms. The van der Waals surface area contributed by atoms with Gasteiger partial charge >= 0.3 is 0 Å². The molecule has 0 fully saturated rings. The van der Waals surface area contributed by atoms with Crippen molar-refractivity contribution in [1.82, 2.24) is 9.99 Å². The van der Waals surface area contributed by atoms with Crippen LogP contribution in [0, 0.1) is 0 Å². The summed E-state index contributed by atoms with van der Waals surface area (Å²) in [6.45, 7) is -0.114. The third-order valence-corrected chi connectivity index (χ3v) is 4.65. The maximum atomic E-state index is 12.2. The van der Waals surface area contributed by atoms with Crippen LogP contribution >= 0.6 is 0 Å². The Morgan fingerprint density at radius 2 is 1.72 bits per heavy atom. The molecule has 0 bridgehead atoms. The Bertz CT molecular complexity index is 1160. The maximum absolute atomic E-state index is 12.2. The number of hydrazone groups is 1. The van der Waals surface area contributed by atoms with Crippen LogP contribution < -0.4 is 10.2 Å². The normalized spacial score (nSPS) is 11.1. The molecule has 0 saturated heterocycles. The molecule has 3 aromatic carbocycles. The average molecular weight is 383 g/mol.